The van der Waals surface area contributed by atoms with E-state index >= 15 is 0 Å². The highest BCUT2D eigenvalue weighted by atomic mass is 16.3. The Morgan fingerprint density at radius 3 is 0.659 bits per heavy atom. The Hall–Kier alpha value is -18.9. The lowest BCUT2D eigenvalue weighted by molar-refractivity contribution is 0.669. The number of fused-ring (bicyclic) bond motifs is 18. The van der Waals surface area contributed by atoms with Crippen molar-refractivity contribution in [1.29, 1.82) is 0 Å². The van der Waals surface area contributed by atoms with E-state index in [1.165, 1.54) is 43.4 Å². The number of nitrogens with zero attached hydrogens (tertiary/aromatic N) is 10. The third-order valence-electron chi connectivity index (χ3n) is 26.3. The second-order valence-electron chi connectivity index (χ2n) is 34.5. The molecule has 0 saturated carbocycles. The average molecular weight is 1770 g/mol. The Kier molecular flexibility index (Phi) is 19.6. The van der Waals surface area contributed by atoms with Crippen molar-refractivity contribution in [2.45, 2.75) is 0 Å². The molecule has 138 heavy (non-hydrogen) atoms. The lowest BCUT2D eigenvalue weighted by Crippen LogP contribution is -2.01. The fourth-order valence-electron chi connectivity index (χ4n) is 19.9. The summed E-state index contributed by atoms with van der Waals surface area (Å²) in [6.07, 6.45) is 0. The summed E-state index contributed by atoms with van der Waals surface area (Å²) in [5, 5.41) is 13.7. The summed E-state index contributed by atoms with van der Waals surface area (Å²) in [4.78, 5) is 35.5. The van der Waals surface area contributed by atoms with Crippen LogP contribution in [0.5, 0.6) is 0 Å². The number of furan rings is 3. The Morgan fingerprint density at radius 2 is 0.355 bits per heavy atom. The Labute approximate surface area is 791 Å². The first kappa shape index (κ1) is 80.0. The SMILES string of the molecule is c1ccc(-c2cc(-c3ccccc3)nc(-c3cc(-n4c5ccccc5c5ccccc54)cc4c3oc3ccccc34)n2)cc1.c1ccc(-c2cc(-c3ccccc3)nc(-c3ccc(-c4cc(-n5c6ccccc6c6ccccc65)cc5c4oc4ccccc45)cc3)n2)cc1.c1ccc(-c2nc(-c3ccccc3)nc(-c3cc(-n4c5ccccc5c5ccccc54)cc4c3oc3ccccc34)n2)cc1. The molecule has 0 N–H and O–H groups in total. The topological polar surface area (TPSA) is 144 Å². The van der Waals surface area contributed by atoms with E-state index in [4.69, 9.17) is 48.1 Å². The van der Waals surface area contributed by atoms with E-state index in [0.29, 0.717) is 29.1 Å². The largest absolute Gasteiger partial charge is 0.455 e. The number of para-hydroxylation sites is 9. The van der Waals surface area contributed by atoms with Crippen molar-refractivity contribution in [3.63, 3.8) is 0 Å². The minimum atomic E-state index is 0.560. The number of rotatable bonds is 13. The zero-order valence-electron chi connectivity index (χ0n) is 74.2. The first-order valence-electron chi connectivity index (χ1n) is 46.2. The maximum absolute atomic E-state index is 6.60. The van der Waals surface area contributed by atoms with Crippen molar-refractivity contribution in [3.8, 4) is 130 Å². The van der Waals surface area contributed by atoms with Crippen LogP contribution in [0.25, 0.3) is 261 Å². The highest BCUT2D eigenvalue weighted by Crippen LogP contribution is 2.47. The number of hydrogen-bond donors (Lipinski definition) is 0. The Morgan fingerprint density at radius 1 is 0.145 bits per heavy atom. The monoisotopic (exact) mass is 1770 g/mol. The molecular formula is C125H78N10O3. The van der Waals surface area contributed by atoms with Crippen molar-refractivity contribution in [2.75, 3.05) is 0 Å². The smallest absolute Gasteiger partial charge is 0.167 e. The molecule has 9 aromatic heterocycles. The zero-order chi connectivity index (χ0) is 91.1. The second kappa shape index (κ2) is 33.8. The normalized spacial score (nSPS) is 11.6. The average Bonchev–Trinajstić information content (AvgIpc) is 1.58. The molecule has 28 aromatic rings. The van der Waals surface area contributed by atoms with Crippen LogP contribution in [-0.2, 0) is 0 Å². The summed E-state index contributed by atoms with van der Waals surface area (Å²) in [6.45, 7) is 0. The van der Waals surface area contributed by atoms with E-state index in [1.54, 1.807) is 0 Å². The van der Waals surface area contributed by atoms with Gasteiger partial charge in [0.05, 0.1) is 67.0 Å². The highest BCUT2D eigenvalue weighted by molar-refractivity contribution is 6.17. The van der Waals surface area contributed by atoms with E-state index in [-0.39, 0.29) is 0 Å². The predicted octanol–water partition coefficient (Wildman–Crippen LogP) is 32.5. The lowest BCUT2D eigenvalue weighted by Gasteiger charge is -2.13. The van der Waals surface area contributed by atoms with Crippen LogP contribution in [0.2, 0.25) is 0 Å². The van der Waals surface area contributed by atoms with Crippen LogP contribution in [0.4, 0.5) is 0 Å². The molecule has 0 aliphatic carbocycles. The summed E-state index contributed by atoms with van der Waals surface area (Å²) >= 11 is 0. The molecule has 9 heterocycles. The minimum Gasteiger partial charge on any atom is -0.455 e. The van der Waals surface area contributed by atoms with Gasteiger partial charge in [0.1, 0.15) is 33.5 Å². The van der Waals surface area contributed by atoms with Gasteiger partial charge in [-0.3, -0.25) is 0 Å². The van der Waals surface area contributed by atoms with Crippen molar-refractivity contribution in [2.24, 2.45) is 0 Å². The van der Waals surface area contributed by atoms with Gasteiger partial charge in [0.25, 0.3) is 0 Å². The van der Waals surface area contributed by atoms with Gasteiger partial charge in [0, 0.05) is 126 Å². The molecule has 0 bridgehead atoms. The van der Waals surface area contributed by atoms with Crippen LogP contribution in [0, 0.1) is 0 Å². The molecule has 13 heteroatoms. The summed E-state index contributed by atoms with van der Waals surface area (Å²) < 4.78 is 26.8. The summed E-state index contributed by atoms with van der Waals surface area (Å²) in [5.74, 6) is 3.09. The quantitative estimate of drug-likeness (QED) is 0.109. The summed E-state index contributed by atoms with van der Waals surface area (Å²) in [7, 11) is 0. The first-order chi connectivity index (χ1) is 68.4. The van der Waals surface area contributed by atoms with Gasteiger partial charge in [-0.2, -0.15) is 0 Å². The van der Waals surface area contributed by atoms with Crippen LogP contribution in [0.15, 0.2) is 486 Å². The molecule has 0 atom stereocenters. The molecule has 13 nitrogen and oxygen atoms in total. The van der Waals surface area contributed by atoms with Gasteiger partial charge in [-0.1, -0.05) is 370 Å². The Bertz CT molecular complexity index is 8900. The molecule has 0 unspecified atom stereocenters. The Balaban J connectivity index is 0.000000107. The maximum atomic E-state index is 6.60. The molecule has 0 saturated heterocycles. The molecular weight excluding hydrogens is 1690 g/mol. The molecule has 0 aliphatic heterocycles. The molecule has 0 spiro atoms. The standard InChI is InChI=1S/C46H29N3O.C40H25N3O.C39H24N4O/c1-3-13-31(14-4-1)40-29-41(32-15-5-2-6-16-32)48-46(47-40)33-25-23-30(24-26-33)38-27-34(28-39-37-19-9-12-22-44(37)50-45(38)39)49-42-20-10-7-17-35(42)36-18-8-11-21-43(36)49;1-3-13-26(14-4-1)34-25-35(27-15-5-2-6-16-27)42-40(41-34)33-24-28(23-32-31-19-9-12-22-38(31)44-39(32)33)43-36-20-10-7-17-29(36)30-18-8-11-21-37(30)43;1-3-13-25(14-4-1)37-40-38(26-15-5-2-6-16-26)42-39(41-37)32-24-27(23-31-30-19-9-12-22-35(30)44-36(31)32)43-33-20-10-7-17-28(33)29-18-8-11-21-34(29)43/h1-29H;1-25H;1-24H. The molecule has 0 radical (unpaired) electrons. The van der Waals surface area contributed by atoms with E-state index in [9.17, 15) is 0 Å². The van der Waals surface area contributed by atoms with Gasteiger partial charge < -0.3 is 27.0 Å². The molecule has 646 valence electrons. The zero-order valence-corrected chi connectivity index (χ0v) is 74.2. The van der Waals surface area contributed by atoms with Gasteiger partial charge in [0.15, 0.2) is 29.1 Å². The molecule has 0 aliphatic rings. The number of aromatic nitrogens is 10. The van der Waals surface area contributed by atoms with Gasteiger partial charge >= 0.3 is 0 Å². The van der Waals surface area contributed by atoms with Crippen LogP contribution in [0.3, 0.4) is 0 Å². The van der Waals surface area contributed by atoms with Gasteiger partial charge in [-0.05, 0) is 109 Å². The summed E-state index contributed by atoms with van der Waals surface area (Å²) in [5.41, 5.74) is 29.2. The maximum Gasteiger partial charge on any atom is 0.167 e. The molecule has 0 amide bonds. The second-order valence-corrected chi connectivity index (χ2v) is 34.5. The van der Waals surface area contributed by atoms with Crippen molar-refractivity contribution in [1.82, 2.24) is 48.6 Å². The fourth-order valence-corrected chi connectivity index (χ4v) is 19.9. The van der Waals surface area contributed by atoms with Crippen molar-refractivity contribution < 1.29 is 13.3 Å². The first-order valence-corrected chi connectivity index (χ1v) is 46.2. The van der Waals surface area contributed by atoms with Gasteiger partial charge in [-0.15, -0.1) is 0 Å². The molecule has 0 fully saturated rings. The van der Waals surface area contributed by atoms with Gasteiger partial charge in [-0.25, -0.2) is 34.9 Å². The lowest BCUT2D eigenvalue weighted by atomic mass is 9.99. The van der Waals surface area contributed by atoms with Crippen LogP contribution < -0.4 is 0 Å². The number of benzene rings is 19. The minimum absolute atomic E-state index is 0.560. The fraction of sp³-hybridized carbons (Fsp3) is 0. The molecule has 28 rings (SSSR count). The summed E-state index contributed by atoms with van der Waals surface area (Å²) in [6, 6.07) is 164. The third kappa shape index (κ3) is 14.2. The van der Waals surface area contributed by atoms with Gasteiger partial charge in [0.2, 0.25) is 0 Å². The van der Waals surface area contributed by atoms with Crippen LogP contribution in [-0.4, -0.2) is 48.6 Å². The number of hydrogen-bond acceptors (Lipinski definition) is 10. The molecule has 19 aromatic carbocycles. The van der Waals surface area contributed by atoms with Crippen molar-refractivity contribution >= 4 is 131 Å². The van der Waals surface area contributed by atoms with E-state index in [2.05, 4.69) is 311 Å². The van der Waals surface area contributed by atoms with E-state index in [1.807, 2.05) is 176 Å². The van der Waals surface area contributed by atoms with E-state index in [0.717, 1.165) is 189 Å². The third-order valence-corrected chi connectivity index (χ3v) is 26.3. The highest BCUT2D eigenvalue weighted by Gasteiger charge is 2.27. The van der Waals surface area contributed by atoms with Crippen LogP contribution in [0.1, 0.15) is 0 Å². The van der Waals surface area contributed by atoms with E-state index < -0.39 is 0 Å². The predicted molar refractivity (Wildman–Crippen MR) is 563 cm³/mol. The van der Waals surface area contributed by atoms with Crippen LogP contribution >= 0.6 is 0 Å². The van der Waals surface area contributed by atoms with Crippen molar-refractivity contribution in [3.05, 3.63) is 473 Å².